The van der Waals surface area contributed by atoms with Gasteiger partial charge in [0.15, 0.2) is 11.6 Å². The van der Waals surface area contributed by atoms with Crippen LogP contribution in [0.15, 0.2) is 42.5 Å². The molecule has 0 spiro atoms. The molecular formula is C18H22FNO. The van der Waals surface area contributed by atoms with Crippen molar-refractivity contribution < 1.29 is 9.13 Å². The maximum atomic E-state index is 14.2. The molecule has 1 unspecified atom stereocenters. The van der Waals surface area contributed by atoms with Gasteiger partial charge < -0.3 is 10.1 Å². The maximum Gasteiger partial charge on any atom is 0.165 e. The van der Waals surface area contributed by atoms with E-state index in [4.69, 9.17) is 4.74 Å². The Bertz CT molecular complexity index is 532. The van der Waals surface area contributed by atoms with Gasteiger partial charge in [-0.2, -0.15) is 0 Å². The van der Waals surface area contributed by atoms with Crippen LogP contribution >= 0.6 is 0 Å². The summed E-state index contributed by atoms with van der Waals surface area (Å²) in [7, 11) is 0. The van der Waals surface area contributed by atoms with Gasteiger partial charge in [0, 0.05) is 5.92 Å². The molecule has 0 bridgehead atoms. The second kappa shape index (κ2) is 6.90. The predicted molar refractivity (Wildman–Crippen MR) is 83.1 cm³/mol. The van der Waals surface area contributed by atoms with E-state index in [0.717, 1.165) is 37.9 Å². The molecule has 1 aromatic carbocycles. The first kappa shape index (κ1) is 14.3. The number of hydrogen-bond donors (Lipinski definition) is 1. The third kappa shape index (κ3) is 3.73. The van der Waals surface area contributed by atoms with Crippen LogP contribution in [-0.2, 0) is 0 Å². The molecule has 1 fully saturated rings. The van der Waals surface area contributed by atoms with Crippen LogP contribution in [0.4, 0.5) is 4.39 Å². The molecule has 2 aliphatic rings. The largest absolute Gasteiger partial charge is 0.490 e. The summed E-state index contributed by atoms with van der Waals surface area (Å²) in [4.78, 5) is 0. The monoisotopic (exact) mass is 287 g/mol. The topological polar surface area (TPSA) is 21.3 Å². The Kier molecular flexibility index (Phi) is 4.71. The predicted octanol–water partition coefficient (Wildman–Crippen LogP) is 3.80. The van der Waals surface area contributed by atoms with Gasteiger partial charge in [0.25, 0.3) is 0 Å². The number of halogens is 1. The summed E-state index contributed by atoms with van der Waals surface area (Å²) in [6, 6.07) is 5.37. The lowest BCUT2D eigenvalue weighted by Crippen LogP contribution is -2.30. The highest BCUT2D eigenvalue weighted by Gasteiger charge is 2.16. The molecule has 0 amide bonds. The number of piperidine rings is 1. The number of benzene rings is 1. The lowest BCUT2D eigenvalue weighted by molar-refractivity contribution is 0.208. The molecule has 0 radical (unpaired) electrons. The molecule has 1 N–H and O–H groups in total. The molecule has 21 heavy (non-hydrogen) atoms. The van der Waals surface area contributed by atoms with E-state index >= 15 is 0 Å². The van der Waals surface area contributed by atoms with Crippen molar-refractivity contribution in [2.45, 2.75) is 25.2 Å². The van der Waals surface area contributed by atoms with Crippen molar-refractivity contribution in [2.75, 3.05) is 19.7 Å². The number of rotatable bonds is 4. The van der Waals surface area contributed by atoms with E-state index in [1.54, 1.807) is 12.1 Å². The van der Waals surface area contributed by atoms with Gasteiger partial charge in [-0.05, 0) is 56.0 Å². The van der Waals surface area contributed by atoms with Crippen LogP contribution in [0.5, 0.6) is 5.75 Å². The van der Waals surface area contributed by atoms with E-state index < -0.39 is 0 Å². The van der Waals surface area contributed by atoms with Gasteiger partial charge >= 0.3 is 0 Å². The fraction of sp³-hybridized carbons (Fsp3) is 0.444. The smallest absolute Gasteiger partial charge is 0.165 e. The minimum absolute atomic E-state index is 0.246. The van der Waals surface area contributed by atoms with E-state index in [1.165, 1.54) is 0 Å². The fourth-order valence-corrected chi connectivity index (χ4v) is 2.95. The van der Waals surface area contributed by atoms with Crippen LogP contribution in [0.3, 0.4) is 0 Å². The van der Waals surface area contributed by atoms with Gasteiger partial charge in [0.1, 0.15) is 0 Å². The molecule has 1 aromatic rings. The van der Waals surface area contributed by atoms with Crippen molar-refractivity contribution in [1.82, 2.24) is 5.32 Å². The van der Waals surface area contributed by atoms with Gasteiger partial charge in [0.2, 0.25) is 0 Å². The zero-order chi connectivity index (χ0) is 14.5. The second-order valence-corrected chi connectivity index (χ2v) is 5.85. The van der Waals surface area contributed by atoms with Crippen molar-refractivity contribution in [2.24, 2.45) is 5.92 Å². The molecule has 1 saturated heterocycles. The van der Waals surface area contributed by atoms with Crippen LogP contribution in [0.1, 0.15) is 30.7 Å². The van der Waals surface area contributed by atoms with Gasteiger partial charge in [-0.25, -0.2) is 4.39 Å². The van der Waals surface area contributed by atoms with E-state index in [0.29, 0.717) is 18.3 Å². The van der Waals surface area contributed by atoms with E-state index in [1.807, 2.05) is 18.2 Å². The lowest BCUT2D eigenvalue weighted by Gasteiger charge is -2.23. The Morgan fingerprint density at radius 2 is 2.05 bits per heavy atom. The molecule has 1 heterocycles. The summed E-state index contributed by atoms with van der Waals surface area (Å²) in [5.74, 6) is 0.955. The first-order valence-corrected chi connectivity index (χ1v) is 7.79. The maximum absolute atomic E-state index is 14.2. The molecule has 3 heteroatoms. The number of nitrogens with one attached hydrogen (secondary N) is 1. The Balaban J connectivity index is 1.61. The second-order valence-electron chi connectivity index (χ2n) is 5.85. The van der Waals surface area contributed by atoms with Crippen LogP contribution < -0.4 is 10.1 Å². The quantitative estimate of drug-likeness (QED) is 0.909. The number of allylic oxidation sites excluding steroid dienone is 4. The molecule has 1 aliphatic heterocycles. The average molecular weight is 287 g/mol. The summed E-state index contributed by atoms with van der Waals surface area (Å²) in [5, 5.41) is 3.33. The lowest BCUT2D eigenvalue weighted by atomic mass is 9.92. The first-order chi connectivity index (χ1) is 10.3. The van der Waals surface area contributed by atoms with Crippen molar-refractivity contribution >= 4 is 0 Å². The SMILES string of the molecule is Fc1cc(C2C=CC=CC2)ccc1OCC1CCNCC1. The standard InChI is InChI=1S/C18H22FNO/c19-17-12-16(15-4-2-1-3-5-15)6-7-18(17)21-13-14-8-10-20-11-9-14/h1-4,6-7,12,14-15,20H,5,8-11,13H2. The molecule has 0 saturated carbocycles. The third-order valence-corrected chi connectivity index (χ3v) is 4.30. The number of hydrogen-bond acceptors (Lipinski definition) is 2. The van der Waals surface area contributed by atoms with E-state index in [9.17, 15) is 4.39 Å². The Labute approximate surface area is 125 Å². The van der Waals surface area contributed by atoms with E-state index in [2.05, 4.69) is 17.5 Å². The zero-order valence-electron chi connectivity index (χ0n) is 12.2. The summed E-state index contributed by atoms with van der Waals surface area (Å²) in [6.45, 7) is 2.69. The summed E-state index contributed by atoms with van der Waals surface area (Å²) in [6.07, 6.45) is 11.4. The summed E-state index contributed by atoms with van der Waals surface area (Å²) < 4.78 is 19.9. The summed E-state index contributed by atoms with van der Waals surface area (Å²) in [5.41, 5.74) is 1.02. The normalized spacial score (nSPS) is 22.4. The average Bonchev–Trinajstić information content (AvgIpc) is 2.55. The molecule has 0 aromatic heterocycles. The highest BCUT2D eigenvalue weighted by Crippen LogP contribution is 2.28. The van der Waals surface area contributed by atoms with Gasteiger partial charge in [-0.3, -0.25) is 0 Å². The van der Waals surface area contributed by atoms with E-state index in [-0.39, 0.29) is 11.7 Å². The first-order valence-electron chi connectivity index (χ1n) is 7.79. The summed E-state index contributed by atoms with van der Waals surface area (Å²) >= 11 is 0. The van der Waals surface area contributed by atoms with Crippen molar-refractivity contribution in [3.8, 4) is 5.75 Å². The zero-order valence-corrected chi connectivity index (χ0v) is 12.2. The van der Waals surface area contributed by atoms with Gasteiger partial charge in [0.05, 0.1) is 6.61 Å². The Morgan fingerprint density at radius 1 is 1.19 bits per heavy atom. The van der Waals surface area contributed by atoms with Crippen LogP contribution in [-0.4, -0.2) is 19.7 Å². The molecule has 2 nitrogen and oxygen atoms in total. The van der Waals surface area contributed by atoms with Crippen LogP contribution in [0.2, 0.25) is 0 Å². The molecule has 3 rings (SSSR count). The van der Waals surface area contributed by atoms with Crippen LogP contribution in [0, 0.1) is 11.7 Å². The minimum Gasteiger partial charge on any atom is -0.490 e. The Hall–Kier alpha value is -1.61. The Morgan fingerprint density at radius 3 is 2.76 bits per heavy atom. The molecular weight excluding hydrogens is 265 g/mol. The molecule has 1 atom stereocenters. The fourth-order valence-electron chi connectivity index (χ4n) is 2.95. The van der Waals surface area contributed by atoms with Crippen LogP contribution in [0.25, 0.3) is 0 Å². The van der Waals surface area contributed by atoms with Crippen molar-refractivity contribution in [3.63, 3.8) is 0 Å². The van der Waals surface area contributed by atoms with Gasteiger partial charge in [-0.1, -0.05) is 30.4 Å². The van der Waals surface area contributed by atoms with Gasteiger partial charge in [-0.15, -0.1) is 0 Å². The highest BCUT2D eigenvalue weighted by molar-refractivity contribution is 5.35. The highest BCUT2D eigenvalue weighted by atomic mass is 19.1. The minimum atomic E-state index is -0.246. The number of ether oxygens (including phenoxy) is 1. The third-order valence-electron chi connectivity index (χ3n) is 4.30. The molecule has 1 aliphatic carbocycles. The van der Waals surface area contributed by atoms with Crippen molar-refractivity contribution in [1.29, 1.82) is 0 Å². The molecule has 112 valence electrons. The van der Waals surface area contributed by atoms with Crippen molar-refractivity contribution in [3.05, 3.63) is 53.9 Å².